The van der Waals surface area contributed by atoms with Crippen LogP contribution in [0, 0.1) is 6.92 Å². The Labute approximate surface area is 128 Å². The van der Waals surface area contributed by atoms with Crippen molar-refractivity contribution in [1.29, 1.82) is 0 Å². The Kier molecular flexibility index (Phi) is 5.60. The van der Waals surface area contributed by atoms with E-state index >= 15 is 0 Å². The number of benzene rings is 1. The number of hydrogen-bond donors (Lipinski definition) is 3. The molecule has 2 atom stereocenters. The first-order chi connectivity index (χ1) is 10.1. The Morgan fingerprint density at radius 3 is 3.05 bits per heavy atom. The Bertz CT molecular complexity index is 524. The molecular weight excluding hydrogens is 290 g/mol. The number of ether oxygens (including phenoxy) is 1. The molecule has 6 nitrogen and oxygen atoms in total. The monoisotopic (exact) mass is 309 g/mol. The van der Waals surface area contributed by atoms with Gasteiger partial charge >= 0.3 is 0 Å². The molecule has 0 aliphatic carbocycles. The molecule has 1 aromatic rings. The molecule has 2 rings (SSSR count). The van der Waals surface area contributed by atoms with Gasteiger partial charge in [-0.25, -0.2) is 0 Å². The molecule has 114 valence electrons. The third kappa shape index (κ3) is 5.04. The van der Waals surface area contributed by atoms with Crippen molar-refractivity contribution in [1.82, 2.24) is 10.6 Å². The van der Waals surface area contributed by atoms with E-state index in [-0.39, 0.29) is 35.7 Å². The van der Waals surface area contributed by atoms with E-state index in [9.17, 15) is 9.59 Å². The highest BCUT2D eigenvalue weighted by atomic mass is 32.2. The van der Waals surface area contributed by atoms with Gasteiger partial charge in [-0.1, -0.05) is 12.1 Å². The van der Waals surface area contributed by atoms with Crippen LogP contribution in [-0.4, -0.2) is 36.4 Å². The Morgan fingerprint density at radius 1 is 1.52 bits per heavy atom. The minimum atomic E-state index is -0.320. The summed E-state index contributed by atoms with van der Waals surface area (Å²) in [5.74, 6) is 0.0425. The third-order valence-electron chi connectivity index (χ3n) is 2.97. The van der Waals surface area contributed by atoms with Crippen LogP contribution in [0.2, 0.25) is 0 Å². The molecule has 1 fully saturated rings. The van der Waals surface area contributed by atoms with Crippen molar-refractivity contribution < 1.29 is 14.3 Å². The molecule has 0 spiro atoms. The normalized spacial score (nSPS) is 21.7. The molecule has 1 aliphatic rings. The maximum atomic E-state index is 11.9. The minimum absolute atomic E-state index is 0.0859. The van der Waals surface area contributed by atoms with Gasteiger partial charge in [0, 0.05) is 12.8 Å². The van der Waals surface area contributed by atoms with Gasteiger partial charge in [0.1, 0.15) is 11.7 Å². The lowest BCUT2D eigenvalue weighted by atomic mass is 10.2. The molecule has 3 N–H and O–H groups in total. The SMILES string of the molecule is COC1CC(=O)NC(SCC(=O)Nc2cccc(C)c2)N1. The van der Waals surface area contributed by atoms with Gasteiger partial charge in [0.05, 0.1) is 12.2 Å². The Hall–Kier alpha value is -1.57. The predicted molar refractivity (Wildman–Crippen MR) is 82.7 cm³/mol. The second-order valence-corrected chi connectivity index (χ2v) is 5.86. The Balaban J connectivity index is 1.79. The third-order valence-corrected chi connectivity index (χ3v) is 3.98. The quantitative estimate of drug-likeness (QED) is 0.757. The molecule has 2 unspecified atom stereocenters. The van der Waals surface area contributed by atoms with Crippen molar-refractivity contribution in [3.63, 3.8) is 0 Å². The number of aryl methyl sites for hydroxylation is 1. The van der Waals surface area contributed by atoms with Crippen LogP contribution in [0.5, 0.6) is 0 Å². The van der Waals surface area contributed by atoms with Gasteiger partial charge in [-0.2, -0.15) is 0 Å². The Morgan fingerprint density at radius 2 is 2.33 bits per heavy atom. The van der Waals surface area contributed by atoms with Gasteiger partial charge in [0.25, 0.3) is 0 Å². The van der Waals surface area contributed by atoms with Crippen LogP contribution in [-0.2, 0) is 14.3 Å². The highest BCUT2D eigenvalue weighted by Crippen LogP contribution is 2.14. The summed E-state index contributed by atoms with van der Waals surface area (Å²) in [6.45, 7) is 1.97. The number of amides is 2. The predicted octanol–water partition coefficient (Wildman–Crippen LogP) is 1.03. The van der Waals surface area contributed by atoms with E-state index in [0.717, 1.165) is 11.3 Å². The van der Waals surface area contributed by atoms with Crippen LogP contribution in [0.4, 0.5) is 5.69 Å². The smallest absolute Gasteiger partial charge is 0.234 e. The van der Waals surface area contributed by atoms with Crippen molar-refractivity contribution >= 4 is 29.3 Å². The lowest BCUT2D eigenvalue weighted by molar-refractivity contribution is -0.127. The number of rotatable bonds is 5. The molecule has 1 saturated heterocycles. The van der Waals surface area contributed by atoms with E-state index in [1.807, 2.05) is 31.2 Å². The molecule has 0 aromatic heterocycles. The number of carbonyl (C=O) groups excluding carboxylic acids is 2. The maximum Gasteiger partial charge on any atom is 0.234 e. The summed E-state index contributed by atoms with van der Waals surface area (Å²) in [5.41, 5.74) is 1.54. The van der Waals surface area contributed by atoms with Crippen molar-refractivity contribution in [2.45, 2.75) is 25.1 Å². The summed E-state index contributed by atoms with van der Waals surface area (Å²) in [6, 6.07) is 7.61. The molecule has 0 saturated carbocycles. The number of methoxy groups -OCH3 is 1. The maximum absolute atomic E-state index is 11.9. The van der Waals surface area contributed by atoms with Gasteiger partial charge < -0.3 is 15.4 Å². The van der Waals surface area contributed by atoms with E-state index in [1.54, 1.807) is 7.11 Å². The average molecular weight is 309 g/mol. The zero-order valence-corrected chi connectivity index (χ0v) is 12.8. The van der Waals surface area contributed by atoms with Crippen molar-refractivity contribution in [3.05, 3.63) is 29.8 Å². The van der Waals surface area contributed by atoms with Gasteiger partial charge in [0.15, 0.2) is 0 Å². The summed E-state index contributed by atoms with van der Waals surface area (Å²) in [4.78, 5) is 23.4. The van der Waals surface area contributed by atoms with Crippen LogP contribution in [0.1, 0.15) is 12.0 Å². The highest BCUT2D eigenvalue weighted by molar-refractivity contribution is 8.00. The van der Waals surface area contributed by atoms with E-state index in [0.29, 0.717) is 0 Å². The van der Waals surface area contributed by atoms with E-state index in [2.05, 4.69) is 16.0 Å². The molecule has 21 heavy (non-hydrogen) atoms. The molecule has 1 aliphatic heterocycles. The van der Waals surface area contributed by atoms with Crippen molar-refractivity contribution in [2.75, 3.05) is 18.2 Å². The lowest BCUT2D eigenvalue weighted by Gasteiger charge is -2.29. The summed E-state index contributed by atoms with van der Waals surface area (Å²) >= 11 is 1.32. The van der Waals surface area contributed by atoms with Gasteiger partial charge in [-0.3, -0.25) is 14.9 Å². The first-order valence-electron chi connectivity index (χ1n) is 6.63. The van der Waals surface area contributed by atoms with Gasteiger partial charge in [0.2, 0.25) is 11.8 Å². The second kappa shape index (κ2) is 7.44. The van der Waals surface area contributed by atoms with Crippen molar-refractivity contribution in [2.24, 2.45) is 0 Å². The number of anilines is 1. The van der Waals surface area contributed by atoms with Gasteiger partial charge in [-0.15, -0.1) is 11.8 Å². The summed E-state index contributed by atoms with van der Waals surface area (Å²) in [6.07, 6.45) is -0.0284. The zero-order valence-electron chi connectivity index (χ0n) is 12.0. The fourth-order valence-corrected chi connectivity index (χ4v) is 2.82. The first kappa shape index (κ1) is 15.8. The molecule has 1 heterocycles. The zero-order chi connectivity index (χ0) is 15.2. The molecule has 7 heteroatoms. The van der Waals surface area contributed by atoms with Gasteiger partial charge in [-0.05, 0) is 24.6 Å². The van der Waals surface area contributed by atoms with Crippen LogP contribution < -0.4 is 16.0 Å². The summed E-state index contributed by atoms with van der Waals surface area (Å²) in [5, 5.41) is 8.68. The summed E-state index contributed by atoms with van der Waals surface area (Å²) in [7, 11) is 1.54. The number of hydrogen-bond acceptors (Lipinski definition) is 5. The van der Waals surface area contributed by atoms with E-state index < -0.39 is 0 Å². The largest absolute Gasteiger partial charge is 0.366 e. The number of nitrogens with one attached hydrogen (secondary N) is 3. The number of carbonyl (C=O) groups is 2. The molecule has 0 bridgehead atoms. The topological polar surface area (TPSA) is 79.5 Å². The summed E-state index contributed by atoms with van der Waals surface area (Å²) < 4.78 is 5.12. The second-order valence-electron chi connectivity index (χ2n) is 4.77. The molecular formula is C14H19N3O3S. The lowest BCUT2D eigenvalue weighted by Crippen LogP contribution is -2.55. The molecule has 2 amide bonds. The standard InChI is InChI=1S/C14H19N3O3S/c1-9-4-3-5-10(6-9)15-12(19)8-21-14-16-11(18)7-13(17-14)20-2/h3-6,13-14,17H,7-8H2,1-2H3,(H,15,19)(H,16,18). The van der Waals surface area contributed by atoms with Crippen LogP contribution >= 0.6 is 11.8 Å². The van der Waals surface area contributed by atoms with Crippen molar-refractivity contribution in [3.8, 4) is 0 Å². The first-order valence-corrected chi connectivity index (χ1v) is 7.68. The fourth-order valence-electron chi connectivity index (χ4n) is 1.96. The van der Waals surface area contributed by atoms with Crippen LogP contribution in [0.15, 0.2) is 24.3 Å². The molecule has 0 radical (unpaired) electrons. The number of thioether (sulfide) groups is 1. The average Bonchev–Trinajstić information content (AvgIpc) is 2.44. The van der Waals surface area contributed by atoms with Crippen LogP contribution in [0.3, 0.4) is 0 Å². The minimum Gasteiger partial charge on any atom is -0.366 e. The van der Waals surface area contributed by atoms with Crippen LogP contribution in [0.25, 0.3) is 0 Å². The van der Waals surface area contributed by atoms with E-state index in [1.165, 1.54) is 11.8 Å². The van der Waals surface area contributed by atoms with E-state index in [4.69, 9.17) is 4.74 Å². The fraction of sp³-hybridized carbons (Fsp3) is 0.429. The molecule has 1 aromatic carbocycles. The highest BCUT2D eigenvalue weighted by Gasteiger charge is 2.26.